The summed E-state index contributed by atoms with van der Waals surface area (Å²) in [7, 11) is 0. The molecule has 9 heteroatoms. The van der Waals surface area contributed by atoms with Gasteiger partial charge in [0.15, 0.2) is 10.1 Å². The van der Waals surface area contributed by atoms with E-state index in [4.69, 9.17) is 12.2 Å². The number of halogens is 1. The van der Waals surface area contributed by atoms with E-state index in [-0.39, 0.29) is 17.2 Å². The van der Waals surface area contributed by atoms with E-state index in [0.29, 0.717) is 51.3 Å². The molecular formula is C21H16FN5OS2. The summed E-state index contributed by atoms with van der Waals surface area (Å²) in [6.07, 6.45) is 6.94. The number of hydrogen-bond donors (Lipinski definition) is 1. The fourth-order valence-corrected chi connectivity index (χ4v) is 5.34. The number of nitriles is 1. The summed E-state index contributed by atoms with van der Waals surface area (Å²) >= 11 is 2.67. The van der Waals surface area contributed by atoms with Crippen molar-refractivity contribution in [1.29, 1.82) is 5.26 Å². The number of allylic oxidation sites excluding steroid dienone is 3. The maximum absolute atomic E-state index is 13.9. The first-order valence-electron chi connectivity index (χ1n) is 9.16. The van der Waals surface area contributed by atoms with Crippen molar-refractivity contribution in [3.05, 3.63) is 58.3 Å². The number of hydrogen-bond acceptors (Lipinski definition) is 8. The van der Waals surface area contributed by atoms with Crippen molar-refractivity contribution >= 4 is 34.0 Å². The van der Waals surface area contributed by atoms with Crippen LogP contribution in [0.5, 0.6) is 0 Å². The van der Waals surface area contributed by atoms with Crippen LogP contribution >= 0.6 is 23.1 Å². The highest BCUT2D eigenvalue weighted by Crippen LogP contribution is 2.47. The van der Waals surface area contributed by atoms with Gasteiger partial charge in [-0.1, -0.05) is 41.2 Å². The fraction of sp³-hybridized carbons (Fsp3) is 0.238. The molecule has 0 fully saturated rings. The standard InChI is InChI=1S/C21H16FN5OS2/c1-2-9-29-21-26-25-20(30-21)27-15-7-4-8-16(28)18(15)17(14(11-23)19(27)24)12-5-3-6-13(22)10-12/h1,3,5-6,10,17H,4,7-9,24H2. The second kappa shape index (κ2) is 8.31. The first kappa shape index (κ1) is 20.1. The molecule has 150 valence electrons. The van der Waals surface area contributed by atoms with E-state index in [1.54, 1.807) is 17.0 Å². The molecule has 1 aromatic carbocycles. The van der Waals surface area contributed by atoms with Crippen LogP contribution in [0.3, 0.4) is 0 Å². The summed E-state index contributed by atoms with van der Waals surface area (Å²) in [5, 5.41) is 18.7. The predicted octanol–water partition coefficient (Wildman–Crippen LogP) is 3.71. The van der Waals surface area contributed by atoms with Crippen LogP contribution in [0.1, 0.15) is 30.7 Å². The number of aromatic nitrogens is 2. The number of ketones is 1. The lowest BCUT2D eigenvalue weighted by atomic mass is 9.76. The maximum Gasteiger partial charge on any atom is 0.219 e. The predicted molar refractivity (Wildman–Crippen MR) is 114 cm³/mol. The van der Waals surface area contributed by atoms with Crippen LogP contribution in [0, 0.1) is 29.5 Å². The van der Waals surface area contributed by atoms with Crippen molar-refractivity contribution in [3.63, 3.8) is 0 Å². The van der Waals surface area contributed by atoms with Crippen molar-refractivity contribution in [3.8, 4) is 18.4 Å². The van der Waals surface area contributed by atoms with Gasteiger partial charge in [0, 0.05) is 17.7 Å². The molecule has 2 aliphatic rings. The highest BCUT2D eigenvalue weighted by Gasteiger charge is 2.41. The number of nitrogens with zero attached hydrogens (tertiary/aromatic N) is 4. The van der Waals surface area contributed by atoms with Crippen LogP contribution in [0.15, 0.2) is 51.3 Å². The van der Waals surface area contributed by atoms with E-state index in [2.05, 4.69) is 22.2 Å². The second-order valence-corrected chi connectivity index (χ2v) is 8.89. The normalized spacial score (nSPS) is 18.8. The molecule has 0 saturated carbocycles. The van der Waals surface area contributed by atoms with E-state index in [1.807, 2.05) is 0 Å². The molecule has 1 aromatic heterocycles. The SMILES string of the molecule is C#CCSc1nnc(N2C(N)=C(C#N)C(c3cccc(F)c3)C3=C2CCCC3=O)s1. The first-order chi connectivity index (χ1) is 14.5. The molecular weight excluding hydrogens is 421 g/mol. The molecule has 1 unspecified atom stereocenters. The number of rotatable bonds is 4. The molecule has 0 bridgehead atoms. The van der Waals surface area contributed by atoms with Crippen LogP contribution in [0.25, 0.3) is 0 Å². The summed E-state index contributed by atoms with van der Waals surface area (Å²) in [5.41, 5.74) is 8.33. The Balaban J connectivity index is 1.88. The molecule has 6 nitrogen and oxygen atoms in total. The van der Waals surface area contributed by atoms with Crippen molar-refractivity contribution in [2.24, 2.45) is 5.73 Å². The van der Waals surface area contributed by atoms with Gasteiger partial charge in [-0.3, -0.25) is 9.69 Å². The van der Waals surface area contributed by atoms with E-state index >= 15 is 0 Å². The van der Waals surface area contributed by atoms with Crippen LogP contribution in [-0.4, -0.2) is 21.7 Å². The molecule has 4 rings (SSSR count). The number of benzene rings is 1. The number of terminal acetylenes is 1. The zero-order valence-electron chi connectivity index (χ0n) is 15.8. The molecule has 2 N–H and O–H groups in total. The Labute approximate surface area is 181 Å². The van der Waals surface area contributed by atoms with Crippen LogP contribution in [0.2, 0.25) is 0 Å². The Hall–Kier alpha value is -3.14. The van der Waals surface area contributed by atoms with Crippen LogP contribution in [-0.2, 0) is 4.79 Å². The first-order valence-corrected chi connectivity index (χ1v) is 11.0. The van der Waals surface area contributed by atoms with Gasteiger partial charge in [0.05, 0.1) is 23.3 Å². The maximum atomic E-state index is 13.9. The van der Waals surface area contributed by atoms with Gasteiger partial charge < -0.3 is 5.73 Å². The summed E-state index contributed by atoms with van der Waals surface area (Å²) in [6.45, 7) is 0. The molecule has 1 aliphatic heterocycles. The van der Waals surface area contributed by atoms with Crippen molar-refractivity contribution in [2.75, 3.05) is 10.7 Å². The van der Waals surface area contributed by atoms with E-state index in [0.717, 1.165) is 0 Å². The Morgan fingerprint density at radius 3 is 2.97 bits per heavy atom. The molecule has 0 amide bonds. The monoisotopic (exact) mass is 437 g/mol. The summed E-state index contributed by atoms with van der Waals surface area (Å²) < 4.78 is 14.6. The summed E-state index contributed by atoms with van der Waals surface area (Å²) in [4.78, 5) is 14.6. The third-order valence-electron chi connectivity index (χ3n) is 4.96. The molecule has 30 heavy (non-hydrogen) atoms. The smallest absolute Gasteiger partial charge is 0.219 e. The average Bonchev–Trinajstić information content (AvgIpc) is 3.20. The minimum Gasteiger partial charge on any atom is -0.384 e. The number of thioether (sulfide) groups is 1. The van der Waals surface area contributed by atoms with Crippen molar-refractivity contribution < 1.29 is 9.18 Å². The zero-order chi connectivity index (χ0) is 21.3. The van der Waals surface area contributed by atoms with E-state index < -0.39 is 11.7 Å². The number of nitrogens with two attached hydrogens (primary N) is 1. The van der Waals surface area contributed by atoms with E-state index in [9.17, 15) is 14.4 Å². The Kier molecular flexibility index (Phi) is 5.58. The second-order valence-electron chi connectivity index (χ2n) is 6.71. The van der Waals surface area contributed by atoms with Gasteiger partial charge in [0.2, 0.25) is 5.13 Å². The lowest BCUT2D eigenvalue weighted by Gasteiger charge is -2.38. The number of carbonyl (C=O) groups excluding carboxylic acids is 1. The number of carbonyl (C=O) groups is 1. The van der Waals surface area contributed by atoms with Crippen molar-refractivity contribution in [2.45, 2.75) is 29.5 Å². The quantitative estimate of drug-likeness (QED) is 0.575. The minimum absolute atomic E-state index is 0.0674. The van der Waals surface area contributed by atoms with Gasteiger partial charge in [0.25, 0.3) is 0 Å². The van der Waals surface area contributed by atoms with E-state index in [1.165, 1.54) is 35.2 Å². The van der Waals surface area contributed by atoms with Gasteiger partial charge in [-0.25, -0.2) is 4.39 Å². The third kappa shape index (κ3) is 3.47. The fourth-order valence-electron chi connectivity index (χ4n) is 3.78. The Morgan fingerprint density at radius 2 is 2.23 bits per heavy atom. The zero-order valence-corrected chi connectivity index (χ0v) is 17.4. The molecule has 0 radical (unpaired) electrons. The Morgan fingerprint density at radius 1 is 1.40 bits per heavy atom. The Bertz CT molecular complexity index is 1170. The van der Waals surface area contributed by atoms with Crippen LogP contribution < -0.4 is 10.6 Å². The van der Waals surface area contributed by atoms with Gasteiger partial charge >= 0.3 is 0 Å². The van der Waals surface area contributed by atoms with Crippen molar-refractivity contribution in [1.82, 2.24) is 10.2 Å². The summed E-state index contributed by atoms with van der Waals surface area (Å²) in [5.74, 6) is 1.97. The molecule has 1 atom stereocenters. The third-order valence-corrected chi connectivity index (χ3v) is 6.91. The molecule has 2 aromatic rings. The molecule has 0 spiro atoms. The average molecular weight is 438 g/mol. The lowest BCUT2D eigenvalue weighted by Crippen LogP contribution is -2.38. The number of Topliss-reactive ketones (excluding diaryl/α,β-unsaturated/α-hetero) is 1. The minimum atomic E-state index is -0.701. The topological polar surface area (TPSA) is 95.9 Å². The lowest BCUT2D eigenvalue weighted by molar-refractivity contribution is -0.116. The largest absolute Gasteiger partial charge is 0.384 e. The van der Waals surface area contributed by atoms with Gasteiger partial charge in [0.1, 0.15) is 11.6 Å². The van der Waals surface area contributed by atoms with Crippen LogP contribution in [0.4, 0.5) is 9.52 Å². The molecule has 2 heterocycles. The van der Waals surface area contributed by atoms with Gasteiger partial charge in [-0.2, -0.15) is 5.26 Å². The van der Waals surface area contributed by atoms with Gasteiger partial charge in [-0.05, 0) is 30.5 Å². The molecule has 1 aliphatic carbocycles. The molecule has 0 saturated heterocycles. The number of anilines is 1. The van der Waals surface area contributed by atoms with Gasteiger partial charge in [-0.15, -0.1) is 16.6 Å². The summed E-state index contributed by atoms with van der Waals surface area (Å²) in [6, 6.07) is 8.09. The highest BCUT2D eigenvalue weighted by molar-refractivity contribution is 8.01. The highest BCUT2D eigenvalue weighted by atomic mass is 32.2.